The van der Waals surface area contributed by atoms with Gasteiger partial charge in [0, 0.05) is 11.4 Å². The van der Waals surface area contributed by atoms with Crippen molar-refractivity contribution in [3.63, 3.8) is 0 Å². The van der Waals surface area contributed by atoms with Crippen LogP contribution in [0.4, 0.5) is 24.8 Å². The average molecular weight is 414 g/mol. The van der Waals surface area contributed by atoms with Gasteiger partial charge >= 0.3 is 6.18 Å². The Morgan fingerprint density at radius 3 is 2.47 bits per heavy atom. The second-order valence-electron chi connectivity index (χ2n) is 6.90. The quantitative estimate of drug-likeness (QED) is 0.679. The molecule has 2 heterocycles. The number of hydrogen-bond acceptors (Lipinski definition) is 5. The van der Waals surface area contributed by atoms with Crippen molar-refractivity contribution in [2.24, 2.45) is 0 Å². The van der Waals surface area contributed by atoms with Crippen LogP contribution in [0.2, 0.25) is 0 Å². The van der Waals surface area contributed by atoms with E-state index in [2.05, 4.69) is 26.2 Å². The monoisotopic (exact) mass is 414 g/mol. The van der Waals surface area contributed by atoms with Gasteiger partial charge < -0.3 is 10.6 Å². The lowest BCUT2D eigenvalue weighted by Crippen LogP contribution is -2.31. The van der Waals surface area contributed by atoms with E-state index in [4.69, 9.17) is 0 Å². The van der Waals surface area contributed by atoms with E-state index in [0.29, 0.717) is 28.5 Å². The standard InChI is InChI=1S/C20H17F3N6O/c1-11-5-3-4-6-15(11)25-18(30)16-12(2)24-19-26-27-28-29(19)17(16)13-7-9-14(10-8-13)20(21,22)23/h3-10,17H,1-2H3,(H,25,30)(H,24,26,28)/t17-/m0/s1. The fraction of sp³-hybridized carbons (Fsp3) is 0.200. The lowest BCUT2D eigenvalue weighted by atomic mass is 9.94. The lowest BCUT2D eigenvalue weighted by molar-refractivity contribution is -0.137. The number of anilines is 2. The van der Waals surface area contributed by atoms with Gasteiger partial charge in [0.25, 0.3) is 5.91 Å². The number of para-hydroxylation sites is 1. The zero-order valence-electron chi connectivity index (χ0n) is 16.0. The zero-order chi connectivity index (χ0) is 21.5. The number of hydrogen-bond donors (Lipinski definition) is 2. The van der Waals surface area contributed by atoms with Gasteiger partial charge in [0.1, 0.15) is 6.04 Å². The molecule has 0 saturated heterocycles. The molecule has 154 valence electrons. The van der Waals surface area contributed by atoms with E-state index in [-0.39, 0.29) is 0 Å². The van der Waals surface area contributed by atoms with Crippen molar-refractivity contribution in [3.05, 3.63) is 76.5 Å². The largest absolute Gasteiger partial charge is 0.416 e. The van der Waals surface area contributed by atoms with Crippen LogP contribution in [0.3, 0.4) is 0 Å². The fourth-order valence-corrected chi connectivity index (χ4v) is 3.37. The van der Waals surface area contributed by atoms with Gasteiger partial charge in [0.05, 0.1) is 11.1 Å². The molecule has 1 aliphatic rings. The molecular formula is C20H17F3N6O. The number of halogens is 3. The molecule has 0 spiro atoms. The highest BCUT2D eigenvalue weighted by Gasteiger charge is 2.35. The molecule has 0 aliphatic carbocycles. The van der Waals surface area contributed by atoms with Crippen molar-refractivity contribution >= 4 is 17.5 Å². The van der Waals surface area contributed by atoms with Crippen molar-refractivity contribution in [3.8, 4) is 0 Å². The maximum Gasteiger partial charge on any atom is 0.416 e. The van der Waals surface area contributed by atoms with E-state index in [0.717, 1.165) is 17.7 Å². The summed E-state index contributed by atoms with van der Waals surface area (Å²) >= 11 is 0. The Morgan fingerprint density at radius 1 is 1.10 bits per heavy atom. The molecule has 1 amide bonds. The van der Waals surface area contributed by atoms with Crippen molar-refractivity contribution in [1.82, 2.24) is 20.2 Å². The molecule has 3 aromatic rings. The summed E-state index contributed by atoms with van der Waals surface area (Å²) in [6.07, 6.45) is -4.45. The predicted octanol–water partition coefficient (Wildman–Crippen LogP) is 3.93. The van der Waals surface area contributed by atoms with Crippen molar-refractivity contribution < 1.29 is 18.0 Å². The first kappa shape index (κ1) is 19.6. The van der Waals surface area contributed by atoms with Crippen LogP contribution >= 0.6 is 0 Å². The van der Waals surface area contributed by atoms with E-state index in [1.165, 1.54) is 16.8 Å². The third-order valence-electron chi connectivity index (χ3n) is 4.91. The first-order valence-electron chi connectivity index (χ1n) is 9.05. The van der Waals surface area contributed by atoms with Crippen LogP contribution in [0.25, 0.3) is 0 Å². The molecule has 1 aromatic heterocycles. The van der Waals surface area contributed by atoms with Crippen LogP contribution in [0, 0.1) is 6.92 Å². The molecule has 0 radical (unpaired) electrons. The molecule has 10 heteroatoms. The molecule has 0 fully saturated rings. The van der Waals surface area contributed by atoms with Gasteiger partial charge in [0.2, 0.25) is 5.95 Å². The highest BCUT2D eigenvalue weighted by Crippen LogP contribution is 2.36. The van der Waals surface area contributed by atoms with Gasteiger partial charge in [-0.2, -0.15) is 17.9 Å². The normalized spacial score (nSPS) is 16.1. The van der Waals surface area contributed by atoms with Gasteiger partial charge in [-0.1, -0.05) is 35.4 Å². The highest BCUT2D eigenvalue weighted by molar-refractivity contribution is 6.06. The van der Waals surface area contributed by atoms with Crippen LogP contribution in [-0.2, 0) is 11.0 Å². The number of carbonyl (C=O) groups is 1. The number of benzene rings is 2. The molecule has 4 rings (SSSR count). The second-order valence-corrected chi connectivity index (χ2v) is 6.90. The number of allylic oxidation sites excluding steroid dienone is 1. The molecule has 0 saturated carbocycles. The molecule has 0 bridgehead atoms. The van der Waals surface area contributed by atoms with Gasteiger partial charge in [-0.15, -0.1) is 0 Å². The van der Waals surface area contributed by atoms with E-state index < -0.39 is 23.7 Å². The van der Waals surface area contributed by atoms with Gasteiger partial charge in [-0.3, -0.25) is 4.79 Å². The molecule has 2 N–H and O–H groups in total. The van der Waals surface area contributed by atoms with Crippen molar-refractivity contribution in [2.75, 3.05) is 10.6 Å². The minimum atomic E-state index is -4.45. The number of aryl methyl sites for hydroxylation is 1. The second kappa shape index (κ2) is 7.29. The minimum Gasteiger partial charge on any atom is -0.326 e. The fourth-order valence-electron chi connectivity index (χ4n) is 3.37. The maximum absolute atomic E-state index is 13.2. The number of nitrogens with one attached hydrogen (secondary N) is 2. The maximum atomic E-state index is 13.2. The molecule has 2 aromatic carbocycles. The first-order chi connectivity index (χ1) is 14.3. The smallest absolute Gasteiger partial charge is 0.326 e. The number of fused-ring (bicyclic) bond motifs is 1. The average Bonchev–Trinajstić information content (AvgIpc) is 3.16. The van der Waals surface area contributed by atoms with Crippen molar-refractivity contribution in [2.45, 2.75) is 26.1 Å². The number of rotatable bonds is 3. The summed E-state index contributed by atoms with van der Waals surface area (Å²) in [6, 6.07) is 11.1. The summed E-state index contributed by atoms with van der Waals surface area (Å²) in [5.74, 6) is -0.106. The summed E-state index contributed by atoms with van der Waals surface area (Å²) in [6.45, 7) is 3.56. The van der Waals surface area contributed by atoms with Crippen LogP contribution in [0.15, 0.2) is 59.8 Å². The van der Waals surface area contributed by atoms with Gasteiger partial charge in [0.15, 0.2) is 0 Å². The number of aromatic nitrogens is 4. The molecule has 7 nitrogen and oxygen atoms in total. The Balaban J connectivity index is 1.76. The molecule has 1 atom stereocenters. The number of alkyl halides is 3. The number of nitrogens with zero attached hydrogens (tertiary/aromatic N) is 4. The van der Waals surface area contributed by atoms with Crippen LogP contribution < -0.4 is 10.6 Å². The summed E-state index contributed by atoms with van der Waals surface area (Å²) in [5.41, 5.74) is 2.00. The highest BCUT2D eigenvalue weighted by atomic mass is 19.4. The van der Waals surface area contributed by atoms with E-state index in [1.807, 2.05) is 19.1 Å². The SMILES string of the molecule is CC1=C(C(=O)Nc2ccccc2C)[C@H](c2ccc(C(F)(F)F)cc2)n2nnnc2N1. The Morgan fingerprint density at radius 2 is 1.80 bits per heavy atom. The summed E-state index contributed by atoms with van der Waals surface area (Å²) in [5, 5.41) is 17.3. The van der Waals surface area contributed by atoms with Gasteiger partial charge in [-0.05, 0) is 53.6 Å². The van der Waals surface area contributed by atoms with Gasteiger partial charge in [-0.25, -0.2) is 0 Å². The predicted molar refractivity (Wildman–Crippen MR) is 104 cm³/mol. The number of amides is 1. The zero-order valence-corrected chi connectivity index (χ0v) is 16.0. The third kappa shape index (κ3) is 3.51. The first-order valence-corrected chi connectivity index (χ1v) is 9.05. The Kier molecular flexibility index (Phi) is 4.76. The van der Waals surface area contributed by atoms with Crippen LogP contribution in [0.5, 0.6) is 0 Å². The van der Waals surface area contributed by atoms with Crippen LogP contribution in [0.1, 0.15) is 29.7 Å². The number of carbonyl (C=O) groups excluding carboxylic acids is 1. The van der Waals surface area contributed by atoms with E-state index in [9.17, 15) is 18.0 Å². The molecule has 0 unspecified atom stereocenters. The molecule has 30 heavy (non-hydrogen) atoms. The van der Waals surface area contributed by atoms with Crippen molar-refractivity contribution in [1.29, 1.82) is 0 Å². The summed E-state index contributed by atoms with van der Waals surface area (Å²) < 4.78 is 40.3. The number of tetrazole rings is 1. The summed E-state index contributed by atoms with van der Waals surface area (Å²) in [4.78, 5) is 13.2. The van der Waals surface area contributed by atoms with Crippen LogP contribution in [-0.4, -0.2) is 26.1 Å². The van der Waals surface area contributed by atoms with E-state index >= 15 is 0 Å². The third-order valence-corrected chi connectivity index (χ3v) is 4.91. The Labute approximate surface area is 169 Å². The Bertz CT molecular complexity index is 1130. The summed E-state index contributed by atoms with van der Waals surface area (Å²) in [7, 11) is 0. The minimum absolute atomic E-state index is 0.296. The lowest BCUT2D eigenvalue weighted by Gasteiger charge is -2.28. The topological polar surface area (TPSA) is 84.7 Å². The Hall–Kier alpha value is -3.69. The molecule has 1 aliphatic heterocycles. The molecular weight excluding hydrogens is 397 g/mol. The van der Waals surface area contributed by atoms with E-state index in [1.54, 1.807) is 19.1 Å².